The van der Waals surface area contributed by atoms with Gasteiger partial charge in [0.1, 0.15) is 0 Å². The van der Waals surface area contributed by atoms with Gasteiger partial charge >= 0.3 is 0 Å². The molecule has 0 unspecified atom stereocenters. The van der Waals surface area contributed by atoms with Gasteiger partial charge in [-0.3, -0.25) is 4.79 Å². The first-order chi connectivity index (χ1) is 5.76. The molecule has 68 valence electrons. The lowest BCUT2D eigenvalue weighted by Crippen LogP contribution is -2.32. The molecule has 0 amide bonds. The van der Waals surface area contributed by atoms with Crippen LogP contribution >= 0.6 is 0 Å². The number of hydrogen-bond donors (Lipinski definition) is 0. The first-order valence-electron chi connectivity index (χ1n) is 4.53. The molecule has 1 fully saturated rings. The third kappa shape index (κ3) is 2.45. The summed E-state index contributed by atoms with van der Waals surface area (Å²) in [7, 11) is 0. The largest absolute Gasteiger partial charge is 0.378 e. The lowest BCUT2D eigenvalue weighted by Gasteiger charge is -2.34. The zero-order valence-corrected chi connectivity index (χ0v) is 7.58. The van der Waals surface area contributed by atoms with Crippen molar-refractivity contribution < 1.29 is 9.53 Å². The van der Waals surface area contributed by atoms with Gasteiger partial charge in [-0.2, -0.15) is 0 Å². The highest BCUT2D eigenvalue weighted by Gasteiger charge is 2.30. The van der Waals surface area contributed by atoms with Gasteiger partial charge in [-0.25, -0.2) is 0 Å². The Morgan fingerprint density at radius 2 is 2.33 bits per heavy atom. The van der Waals surface area contributed by atoms with Gasteiger partial charge in [0.05, 0.1) is 6.10 Å². The van der Waals surface area contributed by atoms with Crippen LogP contribution in [-0.2, 0) is 9.53 Å². The average Bonchev–Trinajstić information content (AvgIpc) is 2.00. The number of carbonyl (C=O) groups is 1. The highest BCUT2D eigenvalue weighted by molar-refractivity contribution is 5.89. The molecule has 0 radical (unpaired) electrons. The van der Waals surface area contributed by atoms with E-state index in [1.165, 1.54) is 6.08 Å². The van der Waals surface area contributed by atoms with Gasteiger partial charge in [0.15, 0.2) is 5.78 Å². The SMILES string of the molecule is C=CC(=O)CC1CC(OCC)C1. The number of rotatable bonds is 5. The highest BCUT2D eigenvalue weighted by Crippen LogP contribution is 2.32. The first kappa shape index (κ1) is 9.46. The third-order valence-electron chi connectivity index (χ3n) is 2.31. The van der Waals surface area contributed by atoms with Crippen LogP contribution in [0.15, 0.2) is 12.7 Å². The summed E-state index contributed by atoms with van der Waals surface area (Å²) in [5, 5.41) is 0. The van der Waals surface area contributed by atoms with E-state index in [-0.39, 0.29) is 5.78 Å². The Morgan fingerprint density at radius 3 is 2.83 bits per heavy atom. The Kier molecular flexibility index (Phi) is 3.48. The molecule has 12 heavy (non-hydrogen) atoms. The Labute approximate surface area is 73.6 Å². The molecule has 0 aromatic heterocycles. The van der Waals surface area contributed by atoms with Crippen molar-refractivity contribution >= 4 is 5.78 Å². The minimum atomic E-state index is 0.162. The summed E-state index contributed by atoms with van der Waals surface area (Å²) < 4.78 is 5.39. The van der Waals surface area contributed by atoms with Crippen molar-refractivity contribution in [3.8, 4) is 0 Å². The Bertz CT molecular complexity index is 169. The van der Waals surface area contributed by atoms with E-state index in [4.69, 9.17) is 4.74 Å². The van der Waals surface area contributed by atoms with Gasteiger partial charge in [-0.1, -0.05) is 6.58 Å². The van der Waals surface area contributed by atoms with Crippen LogP contribution in [0.4, 0.5) is 0 Å². The quantitative estimate of drug-likeness (QED) is 0.586. The summed E-state index contributed by atoms with van der Waals surface area (Å²) in [6, 6.07) is 0. The molecular weight excluding hydrogens is 152 g/mol. The van der Waals surface area contributed by atoms with E-state index in [1.807, 2.05) is 6.92 Å². The van der Waals surface area contributed by atoms with Crippen molar-refractivity contribution in [3.05, 3.63) is 12.7 Å². The number of hydrogen-bond acceptors (Lipinski definition) is 2. The van der Waals surface area contributed by atoms with Crippen LogP contribution in [0.2, 0.25) is 0 Å². The van der Waals surface area contributed by atoms with Crippen molar-refractivity contribution in [1.82, 2.24) is 0 Å². The van der Waals surface area contributed by atoms with E-state index < -0.39 is 0 Å². The highest BCUT2D eigenvalue weighted by atomic mass is 16.5. The van der Waals surface area contributed by atoms with Gasteiger partial charge in [0.25, 0.3) is 0 Å². The molecule has 2 heteroatoms. The summed E-state index contributed by atoms with van der Waals surface area (Å²) >= 11 is 0. The summed E-state index contributed by atoms with van der Waals surface area (Å²) in [6.45, 7) is 6.23. The second kappa shape index (κ2) is 4.41. The summed E-state index contributed by atoms with van der Waals surface area (Å²) in [6.07, 6.45) is 4.58. The lowest BCUT2D eigenvalue weighted by atomic mass is 9.79. The second-order valence-corrected chi connectivity index (χ2v) is 3.29. The maximum absolute atomic E-state index is 10.9. The summed E-state index contributed by atoms with van der Waals surface area (Å²) in [5.41, 5.74) is 0. The topological polar surface area (TPSA) is 26.3 Å². The molecule has 0 saturated heterocycles. The standard InChI is InChI=1S/C10H16O2/c1-3-9(11)5-8-6-10(7-8)12-4-2/h3,8,10H,1,4-7H2,2H3. The maximum Gasteiger partial charge on any atom is 0.155 e. The number of carbonyl (C=O) groups excluding carboxylic acids is 1. The number of allylic oxidation sites excluding steroid dienone is 1. The molecule has 0 heterocycles. The van der Waals surface area contributed by atoms with Gasteiger partial charge in [-0.15, -0.1) is 0 Å². The maximum atomic E-state index is 10.9. The van der Waals surface area contributed by atoms with E-state index in [1.54, 1.807) is 0 Å². The van der Waals surface area contributed by atoms with Crippen molar-refractivity contribution in [2.75, 3.05) is 6.61 Å². The van der Waals surface area contributed by atoms with Crippen LogP contribution in [0.25, 0.3) is 0 Å². The van der Waals surface area contributed by atoms with E-state index in [2.05, 4.69) is 6.58 Å². The molecule has 0 aliphatic heterocycles. The molecule has 0 atom stereocenters. The summed E-state index contributed by atoms with van der Waals surface area (Å²) in [5.74, 6) is 0.710. The molecule has 1 aliphatic rings. The first-order valence-corrected chi connectivity index (χ1v) is 4.53. The van der Waals surface area contributed by atoms with E-state index in [9.17, 15) is 4.79 Å². The monoisotopic (exact) mass is 168 g/mol. The van der Waals surface area contributed by atoms with Crippen molar-refractivity contribution in [1.29, 1.82) is 0 Å². The lowest BCUT2D eigenvalue weighted by molar-refractivity contribution is -0.117. The van der Waals surface area contributed by atoms with Crippen LogP contribution in [0.1, 0.15) is 26.2 Å². The minimum absolute atomic E-state index is 0.162. The molecule has 0 spiro atoms. The predicted molar refractivity (Wildman–Crippen MR) is 48.0 cm³/mol. The number of ether oxygens (including phenoxy) is 1. The van der Waals surface area contributed by atoms with Crippen LogP contribution in [0.5, 0.6) is 0 Å². The van der Waals surface area contributed by atoms with Gasteiger partial charge in [-0.05, 0) is 31.8 Å². The normalized spacial score (nSPS) is 27.8. The molecular formula is C10H16O2. The van der Waals surface area contributed by atoms with Crippen LogP contribution in [-0.4, -0.2) is 18.5 Å². The van der Waals surface area contributed by atoms with Crippen molar-refractivity contribution in [2.24, 2.45) is 5.92 Å². The van der Waals surface area contributed by atoms with Gasteiger partial charge in [0, 0.05) is 13.0 Å². The van der Waals surface area contributed by atoms with Crippen LogP contribution in [0.3, 0.4) is 0 Å². The molecule has 0 N–H and O–H groups in total. The molecule has 0 aromatic rings. The fourth-order valence-electron chi connectivity index (χ4n) is 1.58. The molecule has 2 nitrogen and oxygen atoms in total. The Morgan fingerprint density at radius 1 is 1.67 bits per heavy atom. The molecule has 1 rings (SSSR count). The smallest absolute Gasteiger partial charge is 0.155 e. The zero-order valence-electron chi connectivity index (χ0n) is 7.58. The van der Waals surface area contributed by atoms with Crippen LogP contribution in [0, 0.1) is 5.92 Å². The fraction of sp³-hybridized carbons (Fsp3) is 0.700. The average molecular weight is 168 g/mol. The molecule has 1 aliphatic carbocycles. The molecule has 0 bridgehead atoms. The van der Waals surface area contributed by atoms with Gasteiger partial charge in [0.2, 0.25) is 0 Å². The second-order valence-electron chi connectivity index (χ2n) is 3.29. The van der Waals surface area contributed by atoms with E-state index in [0.717, 1.165) is 19.4 Å². The number of ketones is 1. The summed E-state index contributed by atoms with van der Waals surface area (Å²) in [4.78, 5) is 10.9. The molecule has 1 saturated carbocycles. The van der Waals surface area contributed by atoms with Crippen LogP contribution < -0.4 is 0 Å². The van der Waals surface area contributed by atoms with Crippen molar-refractivity contribution in [2.45, 2.75) is 32.3 Å². The Balaban J connectivity index is 2.09. The molecule has 0 aromatic carbocycles. The van der Waals surface area contributed by atoms with Gasteiger partial charge < -0.3 is 4.74 Å². The van der Waals surface area contributed by atoms with E-state index in [0.29, 0.717) is 18.4 Å². The fourth-order valence-corrected chi connectivity index (χ4v) is 1.58. The van der Waals surface area contributed by atoms with Crippen molar-refractivity contribution in [3.63, 3.8) is 0 Å². The minimum Gasteiger partial charge on any atom is -0.378 e. The Hall–Kier alpha value is -0.630. The predicted octanol–water partition coefficient (Wildman–Crippen LogP) is 1.95. The zero-order chi connectivity index (χ0) is 8.97. The van der Waals surface area contributed by atoms with E-state index >= 15 is 0 Å². The third-order valence-corrected chi connectivity index (χ3v) is 2.31.